The Morgan fingerprint density at radius 3 is 1.56 bits per heavy atom. The molecule has 3 aromatic rings. The van der Waals surface area contributed by atoms with Gasteiger partial charge in [-0.05, 0) is 6.07 Å². The van der Waals surface area contributed by atoms with Crippen LogP contribution in [0.3, 0.4) is 0 Å². The third-order valence-electron chi connectivity index (χ3n) is 7.27. The quantitative estimate of drug-likeness (QED) is 0.125. The van der Waals surface area contributed by atoms with Crippen LogP contribution in [0.2, 0.25) is 0 Å². The van der Waals surface area contributed by atoms with Crippen molar-refractivity contribution in [1.29, 1.82) is 0 Å². The standard InChI is InChI=1S/C35H34O19/c1-13(36)45-12-27-31(50-18(6)41)34(51-19(7)42)35(52-20(8)43)33(54-27)29-26(49-17(5)40)11-25(48-16(4)39)28-30(44)21-9-23(46-14(2)37)24(47-15(3)38)10-22(21)53-32(28)29/h9-11,27,31,33-35H,12H2,1-8H3. The van der Waals surface area contributed by atoms with Gasteiger partial charge in [-0.2, -0.15) is 0 Å². The molecular formula is C35H34O19. The monoisotopic (exact) mass is 758 g/mol. The first-order valence-electron chi connectivity index (χ1n) is 15.9. The SMILES string of the molecule is CC(=O)OCC1OC(c2c(OC(C)=O)cc(OC(C)=O)c3c(=O)c4cc(OC(C)=O)c(OC(C)=O)cc4oc23)C(OC(C)=O)C(OC(C)=O)C1OC(C)=O. The zero-order valence-electron chi connectivity index (χ0n) is 30.1. The van der Waals surface area contributed by atoms with Crippen LogP contribution >= 0.6 is 0 Å². The highest BCUT2D eigenvalue weighted by Gasteiger charge is 2.54. The van der Waals surface area contributed by atoms with Gasteiger partial charge < -0.3 is 47.0 Å². The van der Waals surface area contributed by atoms with Gasteiger partial charge in [0, 0.05) is 67.5 Å². The number of ether oxygens (including phenoxy) is 9. The second-order valence-corrected chi connectivity index (χ2v) is 11.7. The molecular weight excluding hydrogens is 724 g/mol. The minimum Gasteiger partial charge on any atom is -0.463 e. The summed E-state index contributed by atoms with van der Waals surface area (Å²) in [5.74, 6) is -8.93. The summed E-state index contributed by atoms with van der Waals surface area (Å²) in [6.07, 6.45) is -8.37. The van der Waals surface area contributed by atoms with E-state index < -0.39 is 113 Å². The van der Waals surface area contributed by atoms with E-state index in [2.05, 4.69) is 0 Å². The van der Waals surface area contributed by atoms with E-state index in [-0.39, 0.29) is 28.0 Å². The molecule has 1 aliphatic rings. The molecule has 0 bridgehead atoms. The molecule has 1 aliphatic heterocycles. The van der Waals surface area contributed by atoms with Crippen molar-refractivity contribution in [2.75, 3.05) is 6.61 Å². The average Bonchev–Trinajstić information content (AvgIpc) is 3.01. The van der Waals surface area contributed by atoms with Gasteiger partial charge in [0.05, 0.1) is 10.9 Å². The summed E-state index contributed by atoms with van der Waals surface area (Å²) in [4.78, 5) is 112. The van der Waals surface area contributed by atoms with Crippen LogP contribution in [0.5, 0.6) is 23.0 Å². The zero-order valence-corrected chi connectivity index (χ0v) is 30.1. The lowest BCUT2D eigenvalue weighted by molar-refractivity contribution is -0.254. The summed E-state index contributed by atoms with van der Waals surface area (Å²) in [7, 11) is 0. The molecule has 19 heteroatoms. The number of carbonyl (C=O) groups is 8. The Hall–Kier alpha value is -6.37. The van der Waals surface area contributed by atoms with Crippen molar-refractivity contribution in [2.24, 2.45) is 0 Å². The Kier molecular flexibility index (Phi) is 12.4. The second kappa shape index (κ2) is 16.5. The summed E-state index contributed by atoms with van der Waals surface area (Å²) in [5, 5.41) is -0.791. The maximum absolute atomic E-state index is 14.4. The molecule has 1 fully saturated rings. The number of hydrogen-bond donors (Lipinski definition) is 0. The van der Waals surface area contributed by atoms with E-state index >= 15 is 0 Å². The molecule has 1 saturated heterocycles. The van der Waals surface area contributed by atoms with Crippen LogP contribution in [-0.4, -0.2) is 78.8 Å². The van der Waals surface area contributed by atoms with Crippen molar-refractivity contribution in [2.45, 2.75) is 85.9 Å². The van der Waals surface area contributed by atoms with Crippen molar-refractivity contribution < 1.29 is 85.4 Å². The maximum atomic E-state index is 14.4. The molecule has 5 unspecified atom stereocenters. The summed E-state index contributed by atoms with van der Waals surface area (Å²) < 4.78 is 55.4. The molecule has 19 nitrogen and oxygen atoms in total. The summed E-state index contributed by atoms with van der Waals surface area (Å²) in [6.45, 7) is 7.58. The van der Waals surface area contributed by atoms with E-state index in [0.717, 1.165) is 73.6 Å². The van der Waals surface area contributed by atoms with Crippen molar-refractivity contribution in [1.82, 2.24) is 0 Å². The largest absolute Gasteiger partial charge is 0.463 e. The summed E-state index contributed by atoms with van der Waals surface area (Å²) in [6, 6.07) is 3.04. The van der Waals surface area contributed by atoms with Crippen LogP contribution in [0.1, 0.15) is 67.1 Å². The minimum absolute atomic E-state index is 0.296. The summed E-state index contributed by atoms with van der Waals surface area (Å²) in [5.41, 5.74) is -2.19. The van der Waals surface area contributed by atoms with Crippen LogP contribution < -0.4 is 24.4 Å². The Morgan fingerprint density at radius 2 is 1.04 bits per heavy atom. The topological polar surface area (TPSA) is 250 Å². The lowest BCUT2D eigenvalue weighted by Crippen LogP contribution is -2.59. The molecule has 0 N–H and O–H groups in total. The highest BCUT2D eigenvalue weighted by atomic mass is 16.7. The van der Waals surface area contributed by atoms with Gasteiger partial charge >= 0.3 is 47.8 Å². The zero-order chi connectivity index (χ0) is 40.2. The Labute approximate surface area is 304 Å². The number of esters is 8. The van der Waals surface area contributed by atoms with Gasteiger partial charge in [0.15, 0.2) is 35.4 Å². The van der Waals surface area contributed by atoms with Crippen LogP contribution in [0.15, 0.2) is 27.4 Å². The second-order valence-electron chi connectivity index (χ2n) is 11.7. The van der Waals surface area contributed by atoms with Crippen LogP contribution in [0, 0.1) is 0 Å². The van der Waals surface area contributed by atoms with E-state index in [4.69, 9.17) is 47.0 Å². The highest BCUT2D eigenvalue weighted by Crippen LogP contribution is 2.47. The predicted molar refractivity (Wildman–Crippen MR) is 176 cm³/mol. The van der Waals surface area contributed by atoms with E-state index in [0.29, 0.717) is 0 Å². The van der Waals surface area contributed by atoms with Crippen molar-refractivity contribution in [3.05, 3.63) is 34.0 Å². The number of hydrogen-bond acceptors (Lipinski definition) is 19. The van der Waals surface area contributed by atoms with Crippen LogP contribution in [0.25, 0.3) is 21.9 Å². The number of carbonyl (C=O) groups excluding carboxylic acids is 8. The minimum atomic E-state index is -1.79. The molecule has 0 saturated carbocycles. The van der Waals surface area contributed by atoms with Gasteiger partial charge in [0.1, 0.15) is 41.3 Å². The normalized spacial score (nSPS) is 19.2. The van der Waals surface area contributed by atoms with E-state index in [1.54, 1.807) is 0 Å². The third-order valence-corrected chi connectivity index (χ3v) is 7.27. The molecule has 2 heterocycles. The van der Waals surface area contributed by atoms with Crippen molar-refractivity contribution in [3.63, 3.8) is 0 Å². The molecule has 2 aromatic carbocycles. The van der Waals surface area contributed by atoms with E-state index in [1.807, 2.05) is 0 Å². The summed E-state index contributed by atoms with van der Waals surface area (Å²) >= 11 is 0. The van der Waals surface area contributed by atoms with Gasteiger partial charge in [0.25, 0.3) is 0 Å². The first kappa shape index (κ1) is 40.4. The fraction of sp³-hybridized carbons (Fsp3) is 0.400. The number of benzene rings is 2. The Bertz CT molecular complexity index is 2130. The predicted octanol–water partition coefficient (Wildman–Crippen LogP) is 2.45. The molecule has 0 aliphatic carbocycles. The Balaban J connectivity index is 2.21. The highest BCUT2D eigenvalue weighted by molar-refractivity contribution is 5.99. The first-order valence-corrected chi connectivity index (χ1v) is 15.9. The molecule has 0 amide bonds. The molecule has 0 spiro atoms. The van der Waals surface area contributed by atoms with Crippen molar-refractivity contribution in [3.8, 4) is 23.0 Å². The first-order chi connectivity index (χ1) is 25.3. The third kappa shape index (κ3) is 9.34. The molecule has 0 radical (unpaired) electrons. The number of rotatable bonds is 10. The van der Waals surface area contributed by atoms with Gasteiger partial charge in [-0.25, -0.2) is 0 Å². The molecule has 54 heavy (non-hydrogen) atoms. The number of fused-ring (bicyclic) bond motifs is 2. The molecule has 288 valence electrons. The van der Waals surface area contributed by atoms with Gasteiger partial charge in [-0.1, -0.05) is 0 Å². The fourth-order valence-corrected chi connectivity index (χ4v) is 5.67. The lowest BCUT2D eigenvalue weighted by Gasteiger charge is -2.44. The van der Waals surface area contributed by atoms with Crippen molar-refractivity contribution >= 4 is 69.7 Å². The van der Waals surface area contributed by atoms with Gasteiger partial charge in [-0.15, -0.1) is 0 Å². The Morgan fingerprint density at radius 1 is 0.556 bits per heavy atom. The average molecular weight is 759 g/mol. The van der Waals surface area contributed by atoms with Crippen LogP contribution in [0.4, 0.5) is 0 Å². The smallest absolute Gasteiger partial charge is 0.308 e. The van der Waals surface area contributed by atoms with Gasteiger partial charge in [-0.3, -0.25) is 43.2 Å². The van der Waals surface area contributed by atoms with Crippen LogP contribution in [-0.2, 0) is 62.0 Å². The fourth-order valence-electron chi connectivity index (χ4n) is 5.67. The molecule has 5 atom stereocenters. The maximum Gasteiger partial charge on any atom is 0.308 e. The lowest BCUT2D eigenvalue weighted by atomic mass is 9.88. The molecule has 4 rings (SSSR count). The van der Waals surface area contributed by atoms with E-state index in [1.165, 1.54) is 0 Å². The van der Waals surface area contributed by atoms with E-state index in [9.17, 15) is 43.2 Å². The molecule has 1 aromatic heterocycles. The van der Waals surface area contributed by atoms with Gasteiger partial charge in [0.2, 0.25) is 5.43 Å².